The van der Waals surface area contributed by atoms with Crippen LogP contribution in [0, 0.1) is 31.0 Å². The van der Waals surface area contributed by atoms with Gasteiger partial charge in [0.2, 0.25) is 0 Å². The molecule has 0 N–H and O–H groups in total. The summed E-state index contributed by atoms with van der Waals surface area (Å²) in [4.78, 5) is 1.12. The van der Waals surface area contributed by atoms with Crippen LogP contribution in [-0.4, -0.2) is 0 Å². The lowest BCUT2D eigenvalue weighted by Crippen LogP contribution is -1.92. The average molecular weight is 271 g/mol. The quantitative estimate of drug-likeness (QED) is 0.761. The van der Waals surface area contributed by atoms with Crippen molar-refractivity contribution in [2.75, 3.05) is 0 Å². The first-order chi connectivity index (χ1) is 9.11. The van der Waals surface area contributed by atoms with Gasteiger partial charge < -0.3 is 0 Å². The fourth-order valence-electron chi connectivity index (χ4n) is 1.74. The third-order valence-electron chi connectivity index (χ3n) is 3.07. The van der Waals surface area contributed by atoms with Gasteiger partial charge in [-0.3, -0.25) is 0 Å². The topological polar surface area (TPSA) is 23.8 Å². The van der Waals surface area contributed by atoms with E-state index in [0.29, 0.717) is 11.3 Å². The van der Waals surface area contributed by atoms with Crippen LogP contribution in [0.3, 0.4) is 0 Å². The summed E-state index contributed by atoms with van der Waals surface area (Å²) in [6.07, 6.45) is 0. The maximum absolute atomic E-state index is 13.9. The van der Waals surface area contributed by atoms with Crippen LogP contribution in [0.1, 0.15) is 22.3 Å². The highest BCUT2D eigenvalue weighted by Crippen LogP contribution is 2.26. The Bertz CT molecular complexity index is 644. The van der Waals surface area contributed by atoms with Crippen LogP contribution < -0.4 is 0 Å². The molecule has 2 aromatic rings. The molecule has 0 heterocycles. The van der Waals surface area contributed by atoms with E-state index >= 15 is 0 Å². The van der Waals surface area contributed by atoms with Crippen molar-refractivity contribution in [1.29, 1.82) is 5.26 Å². The molecule has 19 heavy (non-hydrogen) atoms. The Morgan fingerprint density at radius 3 is 2.63 bits per heavy atom. The van der Waals surface area contributed by atoms with Gasteiger partial charge in [0, 0.05) is 10.6 Å². The van der Waals surface area contributed by atoms with Crippen molar-refractivity contribution < 1.29 is 4.39 Å². The Kier molecular flexibility index (Phi) is 4.24. The van der Waals surface area contributed by atoms with Gasteiger partial charge in [0.1, 0.15) is 11.9 Å². The van der Waals surface area contributed by atoms with Gasteiger partial charge in [0.25, 0.3) is 0 Å². The Morgan fingerprint density at radius 1 is 1.16 bits per heavy atom. The number of thioether (sulfide) groups is 1. The summed E-state index contributed by atoms with van der Waals surface area (Å²) in [6.45, 7) is 4.14. The van der Waals surface area contributed by atoms with Gasteiger partial charge in [-0.1, -0.05) is 18.2 Å². The minimum atomic E-state index is -0.402. The zero-order valence-corrected chi connectivity index (χ0v) is 11.7. The summed E-state index contributed by atoms with van der Waals surface area (Å²) < 4.78 is 13.9. The van der Waals surface area contributed by atoms with Crippen molar-refractivity contribution in [3.63, 3.8) is 0 Å². The number of hydrogen-bond donors (Lipinski definition) is 0. The Balaban J connectivity index is 2.15. The number of hydrogen-bond acceptors (Lipinski definition) is 2. The van der Waals surface area contributed by atoms with Crippen LogP contribution in [0.25, 0.3) is 0 Å². The normalized spacial score (nSPS) is 10.2. The van der Waals surface area contributed by atoms with E-state index in [4.69, 9.17) is 5.26 Å². The molecule has 0 saturated carbocycles. The first kappa shape index (κ1) is 13.6. The molecule has 0 aliphatic carbocycles. The highest BCUT2D eigenvalue weighted by molar-refractivity contribution is 7.98. The summed E-state index contributed by atoms with van der Waals surface area (Å²) in [7, 11) is 0. The highest BCUT2D eigenvalue weighted by Gasteiger charge is 2.08. The van der Waals surface area contributed by atoms with Crippen LogP contribution in [-0.2, 0) is 5.75 Å². The zero-order valence-electron chi connectivity index (χ0n) is 10.9. The number of halogens is 1. The lowest BCUT2D eigenvalue weighted by Gasteiger charge is -2.06. The molecule has 2 rings (SSSR count). The molecule has 0 radical (unpaired) electrons. The highest BCUT2D eigenvalue weighted by atomic mass is 32.2. The molecule has 0 aliphatic heterocycles. The van der Waals surface area contributed by atoms with E-state index in [1.807, 2.05) is 12.1 Å². The van der Waals surface area contributed by atoms with Crippen molar-refractivity contribution in [3.8, 4) is 6.07 Å². The Morgan fingerprint density at radius 2 is 1.95 bits per heavy atom. The fourth-order valence-corrected chi connectivity index (χ4v) is 2.71. The van der Waals surface area contributed by atoms with Gasteiger partial charge in [-0.15, -0.1) is 11.8 Å². The van der Waals surface area contributed by atoms with Crippen molar-refractivity contribution in [2.24, 2.45) is 0 Å². The Labute approximate surface area is 117 Å². The molecule has 0 unspecified atom stereocenters. The smallest absolute Gasteiger partial charge is 0.144 e. The predicted octanol–water partition coefficient (Wildman–Crippen LogP) is 4.61. The zero-order chi connectivity index (χ0) is 13.8. The second-order valence-electron chi connectivity index (χ2n) is 4.43. The molecule has 0 bridgehead atoms. The summed E-state index contributed by atoms with van der Waals surface area (Å²) >= 11 is 1.58. The Hall–Kier alpha value is -1.79. The number of nitrogens with zero attached hydrogens (tertiary/aromatic N) is 1. The molecule has 0 atom stereocenters. The monoisotopic (exact) mass is 271 g/mol. The van der Waals surface area contributed by atoms with Gasteiger partial charge >= 0.3 is 0 Å². The number of aryl methyl sites for hydroxylation is 2. The second kappa shape index (κ2) is 5.90. The molecule has 0 saturated heterocycles. The van der Waals surface area contributed by atoms with Gasteiger partial charge in [0.15, 0.2) is 0 Å². The van der Waals surface area contributed by atoms with E-state index in [0.717, 1.165) is 4.90 Å². The molecular weight excluding hydrogens is 257 g/mol. The molecule has 0 fully saturated rings. The van der Waals surface area contributed by atoms with Gasteiger partial charge in [0.05, 0.1) is 5.56 Å². The van der Waals surface area contributed by atoms with E-state index < -0.39 is 5.82 Å². The standard InChI is InChI=1S/C16H14FNS/c1-11-6-7-15(8-12(11)2)19-10-14-5-3-4-13(9-18)16(14)17/h3-8H,10H2,1-2H3. The van der Waals surface area contributed by atoms with Crippen LogP contribution >= 0.6 is 11.8 Å². The third-order valence-corrected chi connectivity index (χ3v) is 4.11. The van der Waals surface area contributed by atoms with Gasteiger partial charge in [-0.25, -0.2) is 4.39 Å². The third kappa shape index (κ3) is 3.15. The average Bonchev–Trinajstić information content (AvgIpc) is 2.41. The van der Waals surface area contributed by atoms with Gasteiger partial charge in [-0.05, 0) is 48.7 Å². The van der Waals surface area contributed by atoms with Crippen molar-refractivity contribution in [2.45, 2.75) is 24.5 Å². The fraction of sp³-hybridized carbons (Fsp3) is 0.188. The second-order valence-corrected chi connectivity index (χ2v) is 5.47. The molecule has 96 valence electrons. The number of benzene rings is 2. The van der Waals surface area contributed by atoms with E-state index in [1.165, 1.54) is 17.2 Å². The lowest BCUT2D eigenvalue weighted by molar-refractivity contribution is 0.613. The van der Waals surface area contributed by atoms with Crippen molar-refractivity contribution in [1.82, 2.24) is 0 Å². The molecule has 0 aliphatic rings. The molecule has 0 aromatic heterocycles. The number of nitriles is 1. The molecule has 3 heteroatoms. The van der Waals surface area contributed by atoms with Crippen molar-refractivity contribution >= 4 is 11.8 Å². The van der Waals surface area contributed by atoms with Gasteiger partial charge in [-0.2, -0.15) is 5.26 Å². The predicted molar refractivity (Wildman–Crippen MR) is 76.6 cm³/mol. The van der Waals surface area contributed by atoms with Crippen molar-refractivity contribution in [3.05, 3.63) is 64.5 Å². The largest absolute Gasteiger partial charge is 0.205 e. The minimum Gasteiger partial charge on any atom is -0.205 e. The first-order valence-corrected chi connectivity index (χ1v) is 6.98. The van der Waals surface area contributed by atoms with E-state index in [9.17, 15) is 4.39 Å². The van der Waals surface area contributed by atoms with E-state index in [2.05, 4.69) is 26.0 Å². The lowest BCUT2D eigenvalue weighted by atomic mass is 10.1. The summed E-state index contributed by atoms with van der Waals surface area (Å²) in [6, 6.07) is 13.0. The molecule has 0 spiro atoms. The summed E-state index contributed by atoms with van der Waals surface area (Å²) in [5.41, 5.74) is 3.17. The van der Waals surface area contributed by atoms with Crippen LogP contribution in [0.2, 0.25) is 0 Å². The number of rotatable bonds is 3. The minimum absolute atomic E-state index is 0.109. The summed E-state index contributed by atoms with van der Waals surface area (Å²) in [5.74, 6) is 0.130. The van der Waals surface area contributed by atoms with E-state index in [-0.39, 0.29) is 5.56 Å². The van der Waals surface area contributed by atoms with Crippen LogP contribution in [0.15, 0.2) is 41.3 Å². The van der Waals surface area contributed by atoms with Crippen LogP contribution in [0.5, 0.6) is 0 Å². The maximum atomic E-state index is 13.9. The van der Waals surface area contributed by atoms with Crippen LogP contribution in [0.4, 0.5) is 4.39 Å². The summed E-state index contributed by atoms with van der Waals surface area (Å²) in [5, 5.41) is 8.80. The maximum Gasteiger partial charge on any atom is 0.144 e. The molecule has 1 nitrogen and oxygen atoms in total. The SMILES string of the molecule is Cc1ccc(SCc2cccc(C#N)c2F)cc1C. The molecular formula is C16H14FNS. The van der Waals surface area contributed by atoms with E-state index in [1.54, 1.807) is 23.9 Å². The molecule has 2 aromatic carbocycles. The first-order valence-electron chi connectivity index (χ1n) is 5.99. The molecule has 0 amide bonds.